The third-order valence-electron chi connectivity index (χ3n) is 2.88. The lowest BCUT2D eigenvalue weighted by Gasteiger charge is -2.42. The summed E-state index contributed by atoms with van der Waals surface area (Å²) >= 11 is 0. The molecular weight excluding hydrogens is 253 g/mol. The Morgan fingerprint density at radius 2 is 1.95 bits per heavy atom. The lowest BCUT2D eigenvalue weighted by Crippen LogP contribution is -2.61. The zero-order valence-corrected chi connectivity index (χ0v) is 10.2. The van der Waals surface area contributed by atoms with E-state index in [9.17, 15) is 14.0 Å². The Morgan fingerprint density at radius 3 is 2.53 bits per heavy atom. The van der Waals surface area contributed by atoms with E-state index in [1.54, 1.807) is 0 Å². The van der Waals surface area contributed by atoms with Crippen molar-refractivity contribution in [3.63, 3.8) is 0 Å². The molecule has 0 atom stereocenters. The van der Waals surface area contributed by atoms with E-state index in [0.717, 1.165) is 10.5 Å². The number of alkyl halides is 1. The summed E-state index contributed by atoms with van der Waals surface area (Å²) in [5.74, 6) is -1.21. The van der Waals surface area contributed by atoms with Gasteiger partial charge in [-0.15, -0.1) is 0 Å². The third kappa shape index (κ3) is 3.43. The summed E-state index contributed by atoms with van der Waals surface area (Å²) in [6.07, 6.45) is -1.21. The summed E-state index contributed by atoms with van der Waals surface area (Å²) in [6, 6.07) is 9.13. The van der Waals surface area contributed by atoms with E-state index in [0.29, 0.717) is 0 Å². The van der Waals surface area contributed by atoms with Gasteiger partial charge in [-0.2, -0.15) is 0 Å². The van der Waals surface area contributed by atoms with E-state index < -0.39 is 24.2 Å². The largest absolute Gasteiger partial charge is 0.481 e. The maximum Gasteiger partial charge on any atom is 0.410 e. The van der Waals surface area contributed by atoms with Crippen LogP contribution in [-0.4, -0.2) is 40.8 Å². The maximum atomic E-state index is 13.7. The first-order valence-electron chi connectivity index (χ1n) is 5.85. The third-order valence-corrected chi connectivity index (χ3v) is 2.88. The maximum absolute atomic E-state index is 13.7. The van der Waals surface area contributed by atoms with Crippen LogP contribution in [0.2, 0.25) is 0 Å². The minimum atomic E-state index is -1.82. The Labute approximate surface area is 109 Å². The van der Waals surface area contributed by atoms with Gasteiger partial charge < -0.3 is 14.7 Å². The SMILES string of the molecule is O=C(O)CC1(F)CN(C(=O)OCc2ccccc2)C1. The van der Waals surface area contributed by atoms with E-state index in [1.807, 2.05) is 30.3 Å². The van der Waals surface area contributed by atoms with Gasteiger partial charge in [-0.1, -0.05) is 30.3 Å². The average Bonchev–Trinajstić information content (AvgIpc) is 2.33. The summed E-state index contributed by atoms with van der Waals surface area (Å²) in [5, 5.41) is 8.52. The fraction of sp³-hybridized carbons (Fsp3) is 0.385. The van der Waals surface area contributed by atoms with Crippen molar-refractivity contribution in [3.05, 3.63) is 35.9 Å². The zero-order chi connectivity index (χ0) is 13.9. The number of benzene rings is 1. The summed E-state index contributed by atoms with van der Waals surface area (Å²) in [4.78, 5) is 23.1. The number of hydrogen-bond donors (Lipinski definition) is 1. The van der Waals surface area contributed by atoms with E-state index in [1.165, 1.54) is 0 Å². The number of amides is 1. The molecule has 1 saturated heterocycles. The molecule has 0 bridgehead atoms. The molecule has 0 aromatic heterocycles. The molecule has 1 fully saturated rings. The van der Waals surface area contributed by atoms with E-state index in [-0.39, 0.29) is 19.7 Å². The van der Waals surface area contributed by atoms with Gasteiger partial charge in [-0.05, 0) is 5.56 Å². The number of nitrogens with zero attached hydrogens (tertiary/aromatic N) is 1. The molecule has 1 heterocycles. The molecule has 6 heteroatoms. The van der Waals surface area contributed by atoms with Crippen molar-refractivity contribution >= 4 is 12.1 Å². The smallest absolute Gasteiger partial charge is 0.410 e. The second-order valence-corrected chi connectivity index (χ2v) is 4.62. The minimum Gasteiger partial charge on any atom is -0.481 e. The first-order chi connectivity index (χ1) is 8.98. The van der Waals surface area contributed by atoms with Gasteiger partial charge in [0.2, 0.25) is 0 Å². The monoisotopic (exact) mass is 267 g/mol. The van der Waals surface area contributed by atoms with E-state index in [4.69, 9.17) is 9.84 Å². The predicted molar refractivity (Wildman–Crippen MR) is 64.3 cm³/mol. The van der Waals surface area contributed by atoms with E-state index in [2.05, 4.69) is 0 Å². The molecule has 0 aliphatic carbocycles. The Kier molecular flexibility index (Phi) is 3.69. The van der Waals surface area contributed by atoms with Crippen LogP contribution in [0.1, 0.15) is 12.0 Å². The molecule has 1 aromatic rings. The van der Waals surface area contributed by atoms with Crippen LogP contribution in [0.5, 0.6) is 0 Å². The average molecular weight is 267 g/mol. The van der Waals surface area contributed by atoms with Crippen molar-refractivity contribution in [3.8, 4) is 0 Å². The molecule has 1 aliphatic rings. The molecule has 1 amide bonds. The number of halogens is 1. The molecule has 2 rings (SSSR count). The Morgan fingerprint density at radius 1 is 1.32 bits per heavy atom. The molecule has 0 unspecified atom stereocenters. The van der Waals surface area contributed by atoms with Crippen molar-refractivity contribution in [1.29, 1.82) is 0 Å². The number of carboxylic acids is 1. The van der Waals surface area contributed by atoms with Gasteiger partial charge in [0.05, 0.1) is 19.5 Å². The highest BCUT2D eigenvalue weighted by Gasteiger charge is 2.48. The number of aliphatic carboxylic acids is 1. The van der Waals surface area contributed by atoms with Crippen molar-refractivity contribution in [2.24, 2.45) is 0 Å². The standard InChI is InChI=1S/C13H14FNO4/c14-13(6-11(16)17)8-15(9-13)12(18)19-7-10-4-2-1-3-5-10/h1-5H,6-9H2,(H,16,17). The topological polar surface area (TPSA) is 66.8 Å². The fourth-order valence-corrected chi connectivity index (χ4v) is 1.96. The molecule has 1 aliphatic heterocycles. The van der Waals surface area contributed by atoms with Crippen molar-refractivity contribution < 1.29 is 23.8 Å². The number of carboxylic acid groups (broad SMARTS) is 1. The zero-order valence-electron chi connectivity index (χ0n) is 10.2. The molecule has 0 radical (unpaired) electrons. The summed E-state index contributed by atoms with van der Waals surface area (Å²) in [6.45, 7) is -0.339. The summed E-state index contributed by atoms with van der Waals surface area (Å²) in [5.41, 5.74) is -0.981. The molecular formula is C13H14FNO4. The molecule has 0 saturated carbocycles. The van der Waals surface area contributed by atoms with Crippen LogP contribution in [0.4, 0.5) is 9.18 Å². The molecule has 1 N–H and O–H groups in total. The second-order valence-electron chi connectivity index (χ2n) is 4.62. The fourth-order valence-electron chi connectivity index (χ4n) is 1.96. The van der Waals surface area contributed by atoms with Gasteiger partial charge in [0.15, 0.2) is 5.67 Å². The normalized spacial score (nSPS) is 16.6. The Bertz CT molecular complexity index is 471. The van der Waals surface area contributed by atoms with E-state index >= 15 is 0 Å². The predicted octanol–water partition coefficient (Wildman–Crippen LogP) is 1.82. The second kappa shape index (κ2) is 5.26. The highest BCUT2D eigenvalue weighted by Crippen LogP contribution is 2.29. The van der Waals surface area contributed by atoms with Crippen LogP contribution in [0, 0.1) is 0 Å². The number of likely N-dealkylation sites (tertiary alicyclic amines) is 1. The molecule has 0 spiro atoms. The van der Waals surface area contributed by atoms with Crippen LogP contribution in [0.3, 0.4) is 0 Å². The molecule has 5 nitrogen and oxygen atoms in total. The Hall–Kier alpha value is -2.11. The quantitative estimate of drug-likeness (QED) is 0.903. The first kappa shape index (κ1) is 13.3. The highest BCUT2D eigenvalue weighted by atomic mass is 19.1. The molecule has 19 heavy (non-hydrogen) atoms. The van der Waals surface area contributed by atoms with Gasteiger partial charge in [0.25, 0.3) is 0 Å². The number of ether oxygens (including phenoxy) is 1. The summed E-state index contributed by atoms with van der Waals surface area (Å²) in [7, 11) is 0. The van der Waals surface area contributed by atoms with Crippen LogP contribution < -0.4 is 0 Å². The van der Waals surface area contributed by atoms with Gasteiger partial charge in [0.1, 0.15) is 6.61 Å². The van der Waals surface area contributed by atoms with Crippen LogP contribution in [-0.2, 0) is 16.1 Å². The van der Waals surface area contributed by atoms with Gasteiger partial charge in [-0.3, -0.25) is 4.79 Å². The van der Waals surface area contributed by atoms with Crippen molar-refractivity contribution in [2.45, 2.75) is 18.7 Å². The molecule has 1 aromatic carbocycles. The number of rotatable bonds is 4. The van der Waals surface area contributed by atoms with Crippen LogP contribution in [0.25, 0.3) is 0 Å². The van der Waals surface area contributed by atoms with Crippen LogP contribution in [0.15, 0.2) is 30.3 Å². The minimum absolute atomic E-state index is 0.119. The Balaban J connectivity index is 1.76. The molecule has 102 valence electrons. The lowest BCUT2D eigenvalue weighted by atomic mass is 9.93. The first-order valence-corrected chi connectivity index (χ1v) is 5.85. The number of carbonyl (C=O) groups is 2. The number of hydrogen-bond acceptors (Lipinski definition) is 3. The van der Waals surface area contributed by atoms with Crippen molar-refractivity contribution in [2.75, 3.05) is 13.1 Å². The van der Waals surface area contributed by atoms with Crippen molar-refractivity contribution in [1.82, 2.24) is 4.90 Å². The van der Waals surface area contributed by atoms with Gasteiger partial charge in [0, 0.05) is 0 Å². The lowest BCUT2D eigenvalue weighted by molar-refractivity contribution is -0.144. The highest BCUT2D eigenvalue weighted by molar-refractivity contribution is 5.72. The summed E-state index contributed by atoms with van der Waals surface area (Å²) < 4.78 is 18.7. The van der Waals surface area contributed by atoms with Gasteiger partial charge in [-0.25, -0.2) is 9.18 Å². The number of carbonyl (C=O) groups excluding carboxylic acids is 1. The van der Waals surface area contributed by atoms with Gasteiger partial charge >= 0.3 is 12.1 Å². The van der Waals surface area contributed by atoms with Crippen LogP contribution >= 0.6 is 0 Å².